The predicted molar refractivity (Wildman–Crippen MR) is 117 cm³/mol. The van der Waals surface area contributed by atoms with Crippen molar-refractivity contribution in [1.82, 2.24) is 19.6 Å². The smallest absolute Gasteiger partial charge is 0.321 e. The Kier molecular flexibility index (Phi) is 5.74. The number of urea groups is 1. The summed E-state index contributed by atoms with van der Waals surface area (Å²) in [5.74, 6) is 0. The van der Waals surface area contributed by atoms with Crippen LogP contribution in [0.25, 0.3) is 10.8 Å². The number of anilines is 1. The largest absolute Gasteiger partial charge is 0.323 e. The molecule has 7 heteroatoms. The van der Waals surface area contributed by atoms with Crippen LogP contribution in [0.15, 0.2) is 42.5 Å². The number of rotatable bonds is 3. The van der Waals surface area contributed by atoms with E-state index in [0.717, 1.165) is 54.9 Å². The topological polar surface area (TPSA) is 53.4 Å². The summed E-state index contributed by atoms with van der Waals surface area (Å²) >= 11 is 6.38. The molecule has 1 aromatic heterocycles. The molecule has 1 aliphatic rings. The summed E-state index contributed by atoms with van der Waals surface area (Å²) in [5, 5.41) is 10.4. The summed E-state index contributed by atoms with van der Waals surface area (Å²) in [4.78, 5) is 17.0. The third-order valence-electron chi connectivity index (χ3n) is 5.53. The minimum absolute atomic E-state index is 0.0438. The van der Waals surface area contributed by atoms with Crippen molar-refractivity contribution >= 4 is 34.1 Å². The van der Waals surface area contributed by atoms with Gasteiger partial charge >= 0.3 is 6.03 Å². The van der Waals surface area contributed by atoms with Gasteiger partial charge in [0.15, 0.2) is 0 Å². The molecule has 152 valence electrons. The van der Waals surface area contributed by atoms with Gasteiger partial charge in [-0.05, 0) is 36.2 Å². The lowest BCUT2D eigenvalue weighted by atomic mass is 10.1. The molecule has 0 saturated carbocycles. The zero-order valence-electron chi connectivity index (χ0n) is 16.9. The lowest BCUT2D eigenvalue weighted by Gasteiger charge is -2.22. The molecular formula is C22H26ClN5O. The SMILES string of the molecule is Cc1nn(C)c(Cl)c1CN1CCCN(C(=O)Nc2ccc3ccccc3c2)CC1. The van der Waals surface area contributed by atoms with E-state index in [1.807, 2.05) is 49.2 Å². The average Bonchev–Trinajstić information content (AvgIpc) is 2.89. The molecule has 1 fully saturated rings. The second-order valence-corrected chi connectivity index (χ2v) is 7.95. The van der Waals surface area contributed by atoms with Crippen LogP contribution in [-0.2, 0) is 13.6 Å². The molecule has 0 atom stereocenters. The number of nitrogens with zero attached hydrogens (tertiary/aromatic N) is 4. The van der Waals surface area contributed by atoms with E-state index in [0.29, 0.717) is 11.7 Å². The molecule has 1 N–H and O–H groups in total. The van der Waals surface area contributed by atoms with Crippen LogP contribution >= 0.6 is 11.6 Å². The van der Waals surface area contributed by atoms with Gasteiger partial charge in [0.2, 0.25) is 0 Å². The Labute approximate surface area is 176 Å². The number of carbonyl (C=O) groups excluding carboxylic acids is 1. The number of hydrogen-bond donors (Lipinski definition) is 1. The number of hydrogen-bond acceptors (Lipinski definition) is 3. The van der Waals surface area contributed by atoms with E-state index < -0.39 is 0 Å². The fourth-order valence-corrected chi connectivity index (χ4v) is 4.11. The molecule has 0 aliphatic carbocycles. The highest BCUT2D eigenvalue weighted by Gasteiger charge is 2.21. The van der Waals surface area contributed by atoms with Crippen molar-refractivity contribution in [2.24, 2.45) is 7.05 Å². The molecule has 3 aromatic rings. The van der Waals surface area contributed by atoms with Crippen molar-refractivity contribution in [3.63, 3.8) is 0 Å². The zero-order valence-corrected chi connectivity index (χ0v) is 17.6. The van der Waals surface area contributed by atoms with Gasteiger partial charge in [0.1, 0.15) is 5.15 Å². The first-order chi connectivity index (χ1) is 14.0. The van der Waals surface area contributed by atoms with Gasteiger partial charge in [0.05, 0.1) is 5.69 Å². The number of aryl methyl sites for hydroxylation is 2. The molecule has 0 unspecified atom stereocenters. The lowest BCUT2D eigenvalue weighted by Crippen LogP contribution is -2.38. The van der Waals surface area contributed by atoms with Crippen molar-refractivity contribution < 1.29 is 4.79 Å². The van der Waals surface area contributed by atoms with E-state index in [-0.39, 0.29) is 6.03 Å². The standard InChI is InChI=1S/C22H26ClN5O/c1-16-20(21(23)26(2)25-16)15-27-10-5-11-28(13-12-27)22(29)24-19-9-8-17-6-3-4-7-18(17)14-19/h3-4,6-9,14H,5,10-13,15H2,1-2H3,(H,24,29). The molecule has 0 bridgehead atoms. The Balaban J connectivity index is 1.37. The van der Waals surface area contributed by atoms with Crippen LogP contribution < -0.4 is 5.32 Å². The maximum absolute atomic E-state index is 12.8. The van der Waals surface area contributed by atoms with Gasteiger partial charge in [0.25, 0.3) is 0 Å². The highest BCUT2D eigenvalue weighted by molar-refractivity contribution is 6.30. The highest BCUT2D eigenvalue weighted by atomic mass is 35.5. The normalized spacial score (nSPS) is 15.5. The van der Waals surface area contributed by atoms with Crippen LogP contribution in [0.2, 0.25) is 5.15 Å². The molecule has 0 spiro atoms. The van der Waals surface area contributed by atoms with Crippen molar-refractivity contribution in [3.8, 4) is 0 Å². The summed E-state index contributed by atoms with van der Waals surface area (Å²) in [7, 11) is 1.86. The first-order valence-corrected chi connectivity index (χ1v) is 10.3. The molecule has 29 heavy (non-hydrogen) atoms. The molecule has 6 nitrogen and oxygen atoms in total. The molecular weight excluding hydrogens is 386 g/mol. The van der Waals surface area contributed by atoms with Crippen LogP contribution in [-0.4, -0.2) is 51.8 Å². The summed E-state index contributed by atoms with van der Waals surface area (Å²) in [6.07, 6.45) is 0.933. The second kappa shape index (κ2) is 8.43. The minimum Gasteiger partial charge on any atom is -0.323 e. The summed E-state index contributed by atoms with van der Waals surface area (Å²) < 4.78 is 1.72. The van der Waals surface area contributed by atoms with Gasteiger partial charge in [-0.15, -0.1) is 0 Å². The van der Waals surface area contributed by atoms with Gasteiger partial charge in [-0.1, -0.05) is 41.9 Å². The first kappa shape index (κ1) is 19.7. The van der Waals surface area contributed by atoms with E-state index in [4.69, 9.17) is 11.6 Å². The minimum atomic E-state index is -0.0438. The Morgan fingerprint density at radius 1 is 1.10 bits per heavy atom. The molecule has 2 amide bonds. The van der Waals surface area contributed by atoms with Gasteiger partial charge < -0.3 is 10.2 Å². The predicted octanol–water partition coefficient (Wildman–Crippen LogP) is 4.27. The van der Waals surface area contributed by atoms with E-state index in [1.165, 1.54) is 5.39 Å². The van der Waals surface area contributed by atoms with Crippen LogP contribution in [0.1, 0.15) is 17.7 Å². The number of benzene rings is 2. The maximum atomic E-state index is 12.8. The fourth-order valence-electron chi connectivity index (χ4n) is 3.88. The Morgan fingerprint density at radius 2 is 1.90 bits per heavy atom. The monoisotopic (exact) mass is 411 g/mol. The Morgan fingerprint density at radius 3 is 2.66 bits per heavy atom. The molecule has 2 heterocycles. The van der Waals surface area contributed by atoms with Crippen LogP contribution in [0, 0.1) is 6.92 Å². The van der Waals surface area contributed by atoms with Gasteiger partial charge in [-0.2, -0.15) is 5.10 Å². The van der Waals surface area contributed by atoms with Gasteiger partial charge in [-0.25, -0.2) is 4.79 Å². The number of amides is 2. The van der Waals surface area contributed by atoms with E-state index >= 15 is 0 Å². The van der Waals surface area contributed by atoms with Crippen LogP contribution in [0.3, 0.4) is 0 Å². The second-order valence-electron chi connectivity index (χ2n) is 7.59. The fraction of sp³-hybridized carbons (Fsp3) is 0.364. The number of carbonyl (C=O) groups is 1. The van der Waals surface area contributed by atoms with Crippen LogP contribution in [0.5, 0.6) is 0 Å². The van der Waals surface area contributed by atoms with Gasteiger partial charge in [0, 0.05) is 51.0 Å². The molecule has 4 rings (SSSR count). The molecule has 2 aromatic carbocycles. The van der Waals surface area contributed by atoms with Crippen molar-refractivity contribution in [2.75, 3.05) is 31.5 Å². The van der Waals surface area contributed by atoms with Crippen molar-refractivity contribution in [3.05, 3.63) is 58.9 Å². The zero-order chi connectivity index (χ0) is 20.4. The summed E-state index contributed by atoms with van der Waals surface area (Å²) in [6, 6.07) is 14.1. The highest BCUT2D eigenvalue weighted by Crippen LogP contribution is 2.22. The van der Waals surface area contributed by atoms with E-state index in [2.05, 4.69) is 27.4 Å². The first-order valence-electron chi connectivity index (χ1n) is 9.96. The summed E-state index contributed by atoms with van der Waals surface area (Å²) in [6.45, 7) is 5.94. The van der Waals surface area contributed by atoms with E-state index in [9.17, 15) is 4.79 Å². The Hall–Kier alpha value is -2.57. The molecule has 1 saturated heterocycles. The molecule has 1 aliphatic heterocycles. The van der Waals surface area contributed by atoms with Crippen LogP contribution in [0.4, 0.5) is 10.5 Å². The average molecular weight is 412 g/mol. The van der Waals surface area contributed by atoms with Crippen molar-refractivity contribution in [1.29, 1.82) is 0 Å². The molecule has 0 radical (unpaired) electrons. The summed E-state index contributed by atoms with van der Waals surface area (Å²) in [5.41, 5.74) is 2.86. The number of aromatic nitrogens is 2. The number of halogens is 1. The third kappa shape index (κ3) is 4.38. The number of fused-ring (bicyclic) bond motifs is 1. The van der Waals surface area contributed by atoms with Gasteiger partial charge in [-0.3, -0.25) is 9.58 Å². The third-order valence-corrected chi connectivity index (χ3v) is 6.00. The quantitative estimate of drug-likeness (QED) is 0.700. The maximum Gasteiger partial charge on any atom is 0.321 e. The van der Waals surface area contributed by atoms with E-state index in [1.54, 1.807) is 4.68 Å². The Bertz CT molecular complexity index is 1030. The lowest BCUT2D eigenvalue weighted by molar-refractivity contribution is 0.211. The number of nitrogens with one attached hydrogen (secondary N) is 1. The van der Waals surface area contributed by atoms with Crippen molar-refractivity contribution in [2.45, 2.75) is 19.9 Å².